The second kappa shape index (κ2) is 8.17. The van der Waals surface area contributed by atoms with E-state index in [1.165, 1.54) is 0 Å². The molecule has 1 aliphatic rings. The summed E-state index contributed by atoms with van der Waals surface area (Å²) in [6.45, 7) is 2.49. The Bertz CT molecular complexity index is 990. The van der Waals surface area contributed by atoms with Crippen LogP contribution in [0.15, 0.2) is 63.8 Å². The minimum absolute atomic E-state index is 0.264. The number of nitrogens with zero attached hydrogens (tertiary/aromatic N) is 1. The Labute approximate surface area is 164 Å². The Kier molecular flexibility index (Phi) is 5.46. The van der Waals surface area contributed by atoms with Crippen LogP contribution in [-0.2, 0) is 6.54 Å². The zero-order valence-electron chi connectivity index (χ0n) is 16.0. The predicted octanol–water partition coefficient (Wildman–Crippen LogP) is 3.75. The van der Waals surface area contributed by atoms with E-state index in [9.17, 15) is 9.90 Å². The number of benzene rings is 2. The molecule has 1 aromatic heterocycles. The maximum absolute atomic E-state index is 12.0. The minimum Gasteiger partial charge on any atom is -0.497 e. The lowest BCUT2D eigenvalue weighted by Gasteiger charge is -2.34. The van der Waals surface area contributed by atoms with Crippen LogP contribution in [0.5, 0.6) is 5.75 Å². The Balaban J connectivity index is 1.46. The zero-order chi connectivity index (χ0) is 19.5. The molecular weight excluding hydrogens is 354 g/mol. The molecular formula is C23H25NO4. The van der Waals surface area contributed by atoms with Crippen molar-refractivity contribution in [3.63, 3.8) is 0 Å². The first-order valence-corrected chi connectivity index (χ1v) is 9.70. The van der Waals surface area contributed by atoms with Crippen LogP contribution >= 0.6 is 0 Å². The number of methoxy groups -OCH3 is 1. The second-order valence-electron chi connectivity index (χ2n) is 7.42. The molecule has 5 heteroatoms. The van der Waals surface area contributed by atoms with Crippen LogP contribution in [0.2, 0.25) is 0 Å². The first-order valence-electron chi connectivity index (χ1n) is 9.70. The van der Waals surface area contributed by atoms with Crippen LogP contribution in [0, 0.1) is 5.92 Å². The van der Waals surface area contributed by atoms with Gasteiger partial charge in [0.15, 0.2) is 0 Å². The number of fused-ring (bicyclic) bond motifs is 1. The molecule has 3 aromatic rings. The van der Waals surface area contributed by atoms with Gasteiger partial charge in [0.1, 0.15) is 11.3 Å². The van der Waals surface area contributed by atoms with Gasteiger partial charge in [0, 0.05) is 24.1 Å². The number of hydrogen-bond donors (Lipinski definition) is 1. The second-order valence-corrected chi connectivity index (χ2v) is 7.42. The van der Waals surface area contributed by atoms with E-state index >= 15 is 0 Å². The Morgan fingerprint density at radius 1 is 1.14 bits per heavy atom. The van der Waals surface area contributed by atoms with Gasteiger partial charge >= 0.3 is 5.63 Å². The molecule has 0 spiro atoms. The predicted molar refractivity (Wildman–Crippen MR) is 108 cm³/mol. The van der Waals surface area contributed by atoms with Crippen molar-refractivity contribution < 1.29 is 14.3 Å². The summed E-state index contributed by atoms with van der Waals surface area (Å²) in [5.74, 6) is 0.934. The lowest BCUT2D eigenvalue weighted by atomic mass is 9.87. The molecule has 0 saturated carbocycles. The van der Waals surface area contributed by atoms with Gasteiger partial charge in [-0.1, -0.05) is 30.3 Å². The van der Waals surface area contributed by atoms with Gasteiger partial charge in [-0.2, -0.15) is 0 Å². The number of likely N-dealkylation sites (tertiary alicyclic amines) is 1. The molecule has 5 nitrogen and oxygen atoms in total. The van der Waals surface area contributed by atoms with Crippen LogP contribution in [-0.4, -0.2) is 30.2 Å². The molecule has 0 bridgehead atoms. The third-order valence-corrected chi connectivity index (χ3v) is 5.65. The smallest absolute Gasteiger partial charge is 0.336 e. The van der Waals surface area contributed by atoms with E-state index < -0.39 is 6.10 Å². The summed E-state index contributed by atoms with van der Waals surface area (Å²) < 4.78 is 10.6. The number of rotatable bonds is 5. The van der Waals surface area contributed by atoms with Crippen molar-refractivity contribution in [3.8, 4) is 5.75 Å². The quantitative estimate of drug-likeness (QED) is 0.684. The molecule has 146 valence electrons. The fraction of sp³-hybridized carbons (Fsp3) is 0.348. The lowest BCUT2D eigenvalue weighted by molar-refractivity contribution is 0.0568. The Hall–Kier alpha value is -2.63. The summed E-state index contributed by atoms with van der Waals surface area (Å²) in [5, 5.41) is 11.6. The van der Waals surface area contributed by atoms with Crippen LogP contribution in [0.3, 0.4) is 0 Å². The van der Waals surface area contributed by atoms with E-state index in [4.69, 9.17) is 9.15 Å². The molecule has 0 aliphatic carbocycles. The molecule has 28 heavy (non-hydrogen) atoms. The van der Waals surface area contributed by atoms with Crippen molar-refractivity contribution in [1.82, 2.24) is 4.90 Å². The average molecular weight is 379 g/mol. The fourth-order valence-corrected chi connectivity index (χ4v) is 4.06. The van der Waals surface area contributed by atoms with Crippen molar-refractivity contribution >= 4 is 11.0 Å². The normalized spacial score (nSPS) is 16.9. The molecule has 2 heterocycles. The summed E-state index contributed by atoms with van der Waals surface area (Å²) in [4.78, 5) is 14.3. The van der Waals surface area contributed by atoms with E-state index in [0.717, 1.165) is 42.4 Å². The van der Waals surface area contributed by atoms with Gasteiger partial charge in [0.25, 0.3) is 0 Å². The molecule has 1 fully saturated rings. The van der Waals surface area contributed by atoms with E-state index in [1.54, 1.807) is 19.2 Å². The van der Waals surface area contributed by atoms with Crippen LogP contribution in [0.1, 0.15) is 30.1 Å². The van der Waals surface area contributed by atoms with Gasteiger partial charge in [-0.05, 0) is 55.1 Å². The summed E-state index contributed by atoms with van der Waals surface area (Å²) in [6.07, 6.45) is 1.45. The molecule has 0 amide bonds. The molecule has 1 saturated heterocycles. The van der Waals surface area contributed by atoms with E-state index in [-0.39, 0.29) is 11.5 Å². The number of hydrogen-bond acceptors (Lipinski definition) is 5. The summed E-state index contributed by atoms with van der Waals surface area (Å²) in [6, 6.07) is 17.0. The molecule has 2 aromatic carbocycles. The van der Waals surface area contributed by atoms with Crippen LogP contribution in [0.25, 0.3) is 11.0 Å². The fourth-order valence-electron chi connectivity index (χ4n) is 4.06. The third-order valence-electron chi connectivity index (χ3n) is 5.65. The van der Waals surface area contributed by atoms with Gasteiger partial charge in [-0.15, -0.1) is 0 Å². The van der Waals surface area contributed by atoms with Crippen molar-refractivity contribution in [3.05, 3.63) is 76.1 Å². The van der Waals surface area contributed by atoms with E-state index in [1.807, 2.05) is 42.5 Å². The zero-order valence-corrected chi connectivity index (χ0v) is 16.0. The maximum Gasteiger partial charge on any atom is 0.336 e. The highest BCUT2D eigenvalue weighted by Gasteiger charge is 2.26. The topological polar surface area (TPSA) is 62.9 Å². The van der Waals surface area contributed by atoms with E-state index in [2.05, 4.69) is 4.90 Å². The van der Waals surface area contributed by atoms with Crippen LogP contribution in [0.4, 0.5) is 0 Å². The van der Waals surface area contributed by atoms with Crippen molar-refractivity contribution in [2.45, 2.75) is 25.5 Å². The van der Waals surface area contributed by atoms with Gasteiger partial charge in [0.05, 0.1) is 13.2 Å². The number of aliphatic hydroxyl groups is 1. The third kappa shape index (κ3) is 3.96. The first kappa shape index (κ1) is 18.7. The Morgan fingerprint density at radius 3 is 2.61 bits per heavy atom. The summed E-state index contributed by atoms with van der Waals surface area (Å²) in [7, 11) is 1.59. The maximum atomic E-state index is 12.0. The van der Waals surface area contributed by atoms with E-state index in [0.29, 0.717) is 17.9 Å². The molecule has 0 radical (unpaired) electrons. The Morgan fingerprint density at radius 2 is 1.89 bits per heavy atom. The first-order chi connectivity index (χ1) is 13.6. The van der Waals surface area contributed by atoms with Gasteiger partial charge in [-0.25, -0.2) is 4.79 Å². The van der Waals surface area contributed by atoms with Crippen LogP contribution < -0.4 is 10.4 Å². The lowest BCUT2D eigenvalue weighted by Crippen LogP contribution is -2.35. The largest absolute Gasteiger partial charge is 0.497 e. The van der Waals surface area contributed by atoms with Crippen molar-refractivity contribution in [1.29, 1.82) is 0 Å². The number of ether oxygens (including phenoxy) is 1. The summed E-state index contributed by atoms with van der Waals surface area (Å²) in [5.41, 5.74) is 2.17. The van der Waals surface area contributed by atoms with Crippen molar-refractivity contribution in [2.75, 3.05) is 20.2 Å². The SMILES string of the molecule is COc1ccc2c(CN3CCC(C(O)c4ccccc4)CC3)cc(=O)oc2c1. The van der Waals surface area contributed by atoms with Gasteiger partial charge in [-0.3, -0.25) is 4.90 Å². The highest BCUT2D eigenvalue weighted by Crippen LogP contribution is 2.31. The molecule has 1 unspecified atom stereocenters. The average Bonchev–Trinajstić information content (AvgIpc) is 2.74. The van der Waals surface area contributed by atoms with Gasteiger partial charge in [0.2, 0.25) is 0 Å². The highest BCUT2D eigenvalue weighted by molar-refractivity contribution is 5.81. The molecule has 1 N–H and O–H groups in total. The highest BCUT2D eigenvalue weighted by atomic mass is 16.5. The monoisotopic (exact) mass is 379 g/mol. The number of piperidine rings is 1. The molecule has 1 atom stereocenters. The standard InChI is InChI=1S/C23H25NO4/c1-27-19-7-8-20-18(13-22(25)28-21(20)14-19)15-24-11-9-17(10-12-24)23(26)16-5-3-2-4-6-16/h2-8,13-14,17,23,26H,9-12,15H2,1H3. The minimum atomic E-state index is -0.416. The van der Waals surface area contributed by atoms with Gasteiger partial charge < -0.3 is 14.3 Å². The van der Waals surface area contributed by atoms with Crippen molar-refractivity contribution in [2.24, 2.45) is 5.92 Å². The number of aliphatic hydroxyl groups excluding tert-OH is 1. The summed E-state index contributed by atoms with van der Waals surface area (Å²) >= 11 is 0. The molecule has 1 aliphatic heterocycles. The molecule has 4 rings (SSSR count).